The summed E-state index contributed by atoms with van der Waals surface area (Å²) in [6.07, 6.45) is 0.753. The number of aldehydes is 1. The Morgan fingerprint density at radius 2 is 1.76 bits per heavy atom. The van der Waals surface area contributed by atoms with Gasteiger partial charge >= 0.3 is 0 Å². The summed E-state index contributed by atoms with van der Waals surface area (Å²) in [6, 6.07) is 7.86. The summed E-state index contributed by atoms with van der Waals surface area (Å²) in [6.45, 7) is 3.37. The van der Waals surface area contributed by atoms with Crippen molar-refractivity contribution in [2.45, 2.75) is 0 Å². The van der Waals surface area contributed by atoms with E-state index in [1.54, 1.807) is 0 Å². The summed E-state index contributed by atoms with van der Waals surface area (Å²) >= 11 is 13.5. The van der Waals surface area contributed by atoms with Gasteiger partial charge in [0, 0.05) is 26.2 Å². The monoisotopic (exact) mass is 341 g/mol. The number of hydrogen-bond donors (Lipinski definition) is 0. The molecule has 1 aromatic heterocycles. The molecule has 0 N–H and O–H groups in total. The van der Waals surface area contributed by atoms with Crippen LogP contribution in [0.3, 0.4) is 0 Å². The molecule has 0 spiro atoms. The van der Waals surface area contributed by atoms with E-state index < -0.39 is 0 Å². The highest BCUT2D eigenvalue weighted by Crippen LogP contribution is 2.31. The number of benzene rings is 1. The molecule has 0 atom stereocenters. The molecule has 21 heavy (non-hydrogen) atoms. The van der Waals surface area contributed by atoms with Gasteiger partial charge in [-0.3, -0.25) is 4.79 Å². The molecule has 110 valence electrons. The second kappa shape index (κ2) is 6.22. The van der Waals surface area contributed by atoms with Crippen LogP contribution in [0.1, 0.15) is 9.67 Å². The Hall–Kier alpha value is -1.30. The molecule has 0 aliphatic carbocycles. The minimum atomic E-state index is 0.290. The van der Waals surface area contributed by atoms with Crippen LogP contribution in [0.4, 0.5) is 10.8 Å². The van der Waals surface area contributed by atoms with Crippen molar-refractivity contribution in [1.29, 1.82) is 0 Å². The molecule has 0 amide bonds. The number of hydrogen-bond acceptors (Lipinski definition) is 5. The van der Waals surface area contributed by atoms with Crippen LogP contribution < -0.4 is 9.80 Å². The van der Waals surface area contributed by atoms with Crippen LogP contribution in [-0.4, -0.2) is 37.4 Å². The van der Waals surface area contributed by atoms with E-state index in [2.05, 4.69) is 14.8 Å². The molecule has 1 fully saturated rings. The van der Waals surface area contributed by atoms with Gasteiger partial charge in [-0.05, 0) is 12.1 Å². The van der Waals surface area contributed by atoms with Gasteiger partial charge in [-0.25, -0.2) is 4.98 Å². The smallest absolute Gasteiger partial charge is 0.187 e. The molecule has 2 heterocycles. The van der Waals surface area contributed by atoms with Crippen LogP contribution in [-0.2, 0) is 0 Å². The normalized spacial score (nSPS) is 15.3. The molecular weight excluding hydrogens is 329 g/mol. The van der Waals surface area contributed by atoms with Gasteiger partial charge in [0.2, 0.25) is 0 Å². The van der Waals surface area contributed by atoms with Gasteiger partial charge in [-0.1, -0.05) is 46.7 Å². The molecule has 1 aliphatic rings. The first-order valence-corrected chi connectivity index (χ1v) is 8.12. The number of para-hydroxylation sites is 1. The summed E-state index contributed by atoms with van der Waals surface area (Å²) in [4.78, 5) is 20.0. The fraction of sp³-hybridized carbons (Fsp3) is 0.286. The van der Waals surface area contributed by atoms with Crippen LogP contribution in [0.25, 0.3) is 0 Å². The molecule has 1 aliphatic heterocycles. The maximum atomic E-state index is 10.8. The number of carbonyl (C=O) groups excluding carboxylic acids is 1. The lowest BCUT2D eigenvalue weighted by Crippen LogP contribution is -2.46. The molecule has 0 saturated carbocycles. The Morgan fingerprint density at radius 3 is 2.38 bits per heavy atom. The zero-order valence-corrected chi connectivity index (χ0v) is 13.5. The summed E-state index contributed by atoms with van der Waals surface area (Å²) < 4.78 is 0. The van der Waals surface area contributed by atoms with Gasteiger partial charge in [0.25, 0.3) is 0 Å². The second-order valence-electron chi connectivity index (χ2n) is 4.69. The number of halogens is 2. The van der Waals surface area contributed by atoms with Crippen molar-refractivity contribution in [2.75, 3.05) is 36.0 Å². The van der Waals surface area contributed by atoms with Crippen molar-refractivity contribution in [2.24, 2.45) is 0 Å². The molecule has 7 heteroatoms. The number of piperazine rings is 1. The average Bonchev–Trinajstić information content (AvgIpc) is 2.89. The summed E-state index contributed by atoms with van der Waals surface area (Å²) in [5, 5.41) is 1.87. The van der Waals surface area contributed by atoms with Gasteiger partial charge in [0.15, 0.2) is 16.6 Å². The van der Waals surface area contributed by atoms with E-state index in [9.17, 15) is 4.79 Å². The maximum absolute atomic E-state index is 10.8. The Morgan fingerprint density at radius 1 is 1.10 bits per heavy atom. The highest BCUT2D eigenvalue weighted by Gasteiger charge is 2.22. The Balaban J connectivity index is 1.70. The Kier molecular flexibility index (Phi) is 4.33. The van der Waals surface area contributed by atoms with Crippen LogP contribution >= 0.6 is 34.5 Å². The topological polar surface area (TPSA) is 36.4 Å². The standard InChI is InChI=1S/C14H13Cl2N3OS/c15-10-3-1-2-4-11(10)18-5-7-19(8-6-18)14-17-13(16)12(9-20)21-14/h1-4,9H,5-8H2. The molecular formula is C14H13Cl2N3OS. The predicted molar refractivity (Wildman–Crippen MR) is 88.4 cm³/mol. The molecule has 1 aromatic carbocycles. The van der Waals surface area contributed by atoms with Crippen molar-refractivity contribution < 1.29 is 4.79 Å². The van der Waals surface area contributed by atoms with E-state index >= 15 is 0 Å². The lowest BCUT2D eigenvalue weighted by molar-refractivity contribution is 0.112. The molecule has 0 bridgehead atoms. The van der Waals surface area contributed by atoms with E-state index in [0.717, 1.165) is 48.3 Å². The van der Waals surface area contributed by atoms with Crippen molar-refractivity contribution in [1.82, 2.24) is 4.98 Å². The van der Waals surface area contributed by atoms with E-state index in [0.29, 0.717) is 10.0 Å². The van der Waals surface area contributed by atoms with Gasteiger partial charge in [0.05, 0.1) is 10.7 Å². The van der Waals surface area contributed by atoms with Crippen molar-refractivity contribution in [3.63, 3.8) is 0 Å². The van der Waals surface area contributed by atoms with Gasteiger partial charge < -0.3 is 9.80 Å². The summed E-state index contributed by atoms with van der Waals surface area (Å²) in [5.41, 5.74) is 1.06. The van der Waals surface area contributed by atoms with Crippen LogP contribution in [0.2, 0.25) is 10.2 Å². The van der Waals surface area contributed by atoms with Gasteiger partial charge in [-0.2, -0.15) is 0 Å². The minimum Gasteiger partial charge on any atom is -0.367 e. The third kappa shape index (κ3) is 3.00. The fourth-order valence-corrected chi connectivity index (χ4v) is 3.73. The lowest BCUT2D eigenvalue weighted by Gasteiger charge is -2.36. The largest absolute Gasteiger partial charge is 0.367 e. The van der Waals surface area contributed by atoms with Crippen LogP contribution in [0, 0.1) is 0 Å². The van der Waals surface area contributed by atoms with Crippen molar-refractivity contribution >= 4 is 51.6 Å². The van der Waals surface area contributed by atoms with Gasteiger partial charge in [0.1, 0.15) is 4.88 Å². The molecule has 1 saturated heterocycles. The molecule has 3 rings (SSSR count). The van der Waals surface area contributed by atoms with Gasteiger partial charge in [-0.15, -0.1) is 0 Å². The summed E-state index contributed by atoms with van der Waals surface area (Å²) in [7, 11) is 0. The molecule has 0 radical (unpaired) electrons. The number of aromatic nitrogens is 1. The molecule has 0 unspecified atom stereocenters. The number of rotatable bonds is 3. The lowest BCUT2D eigenvalue weighted by atomic mass is 10.2. The zero-order valence-electron chi connectivity index (χ0n) is 11.1. The first-order chi connectivity index (χ1) is 10.2. The quantitative estimate of drug-likeness (QED) is 0.799. The van der Waals surface area contributed by atoms with E-state index in [4.69, 9.17) is 23.2 Å². The molecule has 2 aromatic rings. The first kappa shape index (κ1) is 14.6. The first-order valence-electron chi connectivity index (χ1n) is 6.55. The third-order valence-electron chi connectivity index (χ3n) is 3.45. The SMILES string of the molecule is O=Cc1sc(N2CCN(c3ccccc3Cl)CC2)nc1Cl. The Labute approximate surface area is 136 Å². The van der Waals surface area contributed by atoms with E-state index in [1.807, 2.05) is 24.3 Å². The second-order valence-corrected chi connectivity index (χ2v) is 6.47. The number of carbonyl (C=O) groups is 1. The van der Waals surface area contributed by atoms with Crippen LogP contribution in [0.15, 0.2) is 24.3 Å². The van der Waals surface area contributed by atoms with Crippen molar-refractivity contribution in [3.05, 3.63) is 39.3 Å². The number of nitrogens with zero attached hydrogens (tertiary/aromatic N) is 3. The van der Waals surface area contributed by atoms with Crippen molar-refractivity contribution in [3.8, 4) is 0 Å². The summed E-state index contributed by atoms with van der Waals surface area (Å²) in [5.74, 6) is 0. The van der Waals surface area contributed by atoms with E-state index in [-0.39, 0.29) is 0 Å². The third-order valence-corrected chi connectivity index (χ3v) is 5.21. The predicted octanol–water partition coefficient (Wildman–Crippen LogP) is 3.59. The van der Waals surface area contributed by atoms with Crippen LogP contribution in [0.5, 0.6) is 0 Å². The number of anilines is 2. The highest BCUT2D eigenvalue weighted by molar-refractivity contribution is 7.17. The maximum Gasteiger partial charge on any atom is 0.187 e. The Bertz CT molecular complexity index is 653. The average molecular weight is 342 g/mol. The number of thiazole rings is 1. The van der Waals surface area contributed by atoms with E-state index in [1.165, 1.54) is 11.3 Å². The molecule has 4 nitrogen and oxygen atoms in total. The zero-order chi connectivity index (χ0) is 14.8. The highest BCUT2D eigenvalue weighted by atomic mass is 35.5. The minimum absolute atomic E-state index is 0.290. The fourth-order valence-electron chi connectivity index (χ4n) is 2.36.